The summed E-state index contributed by atoms with van der Waals surface area (Å²) in [6.45, 7) is 2.45. The van der Waals surface area contributed by atoms with Crippen LogP contribution in [-0.4, -0.2) is 76.7 Å². The average Bonchev–Trinajstić information content (AvgIpc) is 2.96. The Bertz CT molecular complexity index is 932. The summed E-state index contributed by atoms with van der Waals surface area (Å²) in [4.78, 5) is 40.2. The second-order valence-electron chi connectivity index (χ2n) is 7.26. The summed E-state index contributed by atoms with van der Waals surface area (Å²) in [7, 11) is -2.15. The van der Waals surface area contributed by atoms with Crippen LogP contribution in [0.2, 0.25) is 0 Å². The lowest BCUT2D eigenvalue weighted by Gasteiger charge is -2.31. The molecule has 2 aliphatic heterocycles. The fourth-order valence-electron chi connectivity index (χ4n) is 3.65. The Hall–Kier alpha value is -1.98. The molecule has 10 nitrogen and oxygen atoms in total. The summed E-state index contributed by atoms with van der Waals surface area (Å²) in [6, 6.07) is 0. The first-order valence-corrected chi connectivity index (χ1v) is 11.0. The minimum absolute atomic E-state index is 0.123. The minimum Gasteiger partial charge on any atom is -0.341 e. The SMILES string of the molecule is Cn1c(=O)[nH]cc(CC(=O)N2CCCN(S(=O)(=O)N3CCCCC3)CC2)c1=O. The van der Waals surface area contributed by atoms with Gasteiger partial charge in [-0.1, -0.05) is 6.42 Å². The molecule has 1 aromatic rings. The van der Waals surface area contributed by atoms with Crippen molar-refractivity contribution in [3.63, 3.8) is 0 Å². The highest BCUT2D eigenvalue weighted by atomic mass is 32.2. The van der Waals surface area contributed by atoms with Crippen molar-refractivity contribution in [3.05, 3.63) is 32.6 Å². The van der Waals surface area contributed by atoms with Crippen LogP contribution in [0.4, 0.5) is 0 Å². The van der Waals surface area contributed by atoms with Gasteiger partial charge in [-0.05, 0) is 19.3 Å². The van der Waals surface area contributed by atoms with E-state index in [4.69, 9.17) is 0 Å². The highest BCUT2D eigenvalue weighted by Gasteiger charge is 2.32. The van der Waals surface area contributed by atoms with E-state index in [1.165, 1.54) is 21.9 Å². The number of aromatic nitrogens is 2. The maximum Gasteiger partial charge on any atom is 0.328 e. The van der Waals surface area contributed by atoms with Gasteiger partial charge in [0.2, 0.25) is 5.91 Å². The van der Waals surface area contributed by atoms with E-state index < -0.39 is 21.5 Å². The van der Waals surface area contributed by atoms with Crippen molar-refractivity contribution in [2.24, 2.45) is 7.05 Å². The molecule has 0 aromatic carbocycles. The highest BCUT2D eigenvalue weighted by molar-refractivity contribution is 7.86. The number of nitrogens with zero attached hydrogens (tertiary/aromatic N) is 4. The van der Waals surface area contributed by atoms with E-state index in [0.29, 0.717) is 32.6 Å². The Balaban J connectivity index is 1.65. The molecule has 28 heavy (non-hydrogen) atoms. The van der Waals surface area contributed by atoms with Crippen LogP contribution in [-0.2, 0) is 28.5 Å². The molecule has 1 amide bonds. The Morgan fingerprint density at radius 3 is 2.32 bits per heavy atom. The van der Waals surface area contributed by atoms with Crippen molar-refractivity contribution in [2.75, 3.05) is 39.3 Å². The standard InChI is InChI=1S/C17H27N5O5S/c1-19-16(24)14(13-18-17(19)25)12-15(23)20-6-5-9-22(11-10-20)28(26,27)21-7-3-2-4-8-21/h13H,2-12H2,1H3,(H,18,25). The number of hydrogen-bond donors (Lipinski definition) is 1. The molecule has 3 heterocycles. The van der Waals surface area contributed by atoms with E-state index in [1.54, 1.807) is 4.90 Å². The molecule has 1 aromatic heterocycles. The van der Waals surface area contributed by atoms with E-state index in [-0.39, 0.29) is 31.0 Å². The van der Waals surface area contributed by atoms with Gasteiger partial charge in [0.25, 0.3) is 15.8 Å². The first-order valence-electron chi connectivity index (χ1n) is 9.61. The van der Waals surface area contributed by atoms with Crippen molar-refractivity contribution >= 4 is 16.1 Å². The molecule has 0 unspecified atom stereocenters. The van der Waals surface area contributed by atoms with Crippen molar-refractivity contribution in [1.82, 2.24) is 23.1 Å². The maximum absolute atomic E-state index is 12.8. The van der Waals surface area contributed by atoms with Crippen LogP contribution in [0.25, 0.3) is 0 Å². The van der Waals surface area contributed by atoms with E-state index in [1.807, 2.05) is 0 Å². The number of rotatable bonds is 4. The molecular formula is C17H27N5O5S. The Kier molecular flexibility index (Phi) is 6.36. The average molecular weight is 414 g/mol. The lowest BCUT2D eigenvalue weighted by Crippen LogP contribution is -2.47. The normalized spacial score (nSPS) is 20.1. The van der Waals surface area contributed by atoms with Gasteiger partial charge in [-0.25, -0.2) is 4.79 Å². The monoisotopic (exact) mass is 413 g/mol. The van der Waals surface area contributed by atoms with Gasteiger partial charge in [0.15, 0.2) is 0 Å². The number of carbonyl (C=O) groups excluding carboxylic acids is 1. The van der Waals surface area contributed by atoms with Crippen molar-refractivity contribution in [3.8, 4) is 0 Å². The van der Waals surface area contributed by atoms with Gasteiger partial charge in [0, 0.05) is 58.1 Å². The largest absolute Gasteiger partial charge is 0.341 e. The Morgan fingerprint density at radius 2 is 1.61 bits per heavy atom. The van der Waals surface area contributed by atoms with Gasteiger partial charge in [-0.2, -0.15) is 17.0 Å². The smallest absolute Gasteiger partial charge is 0.328 e. The summed E-state index contributed by atoms with van der Waals surface area (Å²) >= 11 is 0. The number of aromatic amines is 1. The van der Waals surface area contributed by atoms with Crippen LogP contribution in [0.15, 0.2) is 15.8 Å². The third-order valence-electron chi connectivity index (χ3n) is 5.37. The second-order valence-corrected chi connectivity index (χ2v) is 9.19. The molecule has 0 radical (unpaired) electrons. The summed E-state index contributed by atoms with van der Waals surface area (Å²) in [5.41, 5.74) is -0.815. The van der Waals surface area contributed by atoms with Gasteiger partial charge in [0.1, 0.15) is 0 Å². The van der Waals surface area contributed by atoms with E-state index in [2.05, 4.69) is 4.98 Å². The van der Waals surface area contributed by atoms with Crippen LogP contribution in [0.5, 0.6) is 0 Å². The summed E-state index contributed by atoms with van der Waals surface area (Å²) < 4.78 is 29.6. The summed E-state index contributed by atoms with van der Waals surface area (Å²) in [6.07, 6.45) is 4.51. The predicted octanol–water partition coefficient (Wildman–Crippen LogP) is -1.12. The quantitative estimate of drug-likeness (QED) is 0.671. The maximum atomic E-state index is 12.8. The molecular weight excluding hydrogens is 386 g/mol. The third-order valence-corrected chi connectivity index (χ3v) is 7.41. The lowest BCUT2D eigenvalue weighted by atomic mass is 10.2. The Labute approximate surface area is 163 Å². The lowest BCUT2D eigenvalue weighted by molar-refractivity contribution is -0.130. The van der Waals surface area contributed by atoms with Gasteiger partial charge in [-0.15, -0.1) is 0 Å². The number of carbonyl (C=O) groups is 1. The molecule has 0 aliphatic carbocycles. The van der Waals surface area contributed by atoms with Gasteiger partial charge in [0.05, 0.1) is 6.42 Å². The zero-order valence-corrected chi connectivity index (χ0v) is 16.9. The molecule has 11 heteroatoms. The zero-order chi connectivity index (χ0) is 20.3. The first-order chi connectivity index (χ1) is 13.3. The molecule has 2 aliphatic rings. The van der Waals surface area contributed by atoms with Crippen molar-refractivity contribution in [2.45, 2.75) is 32.1 Å². The van der Waals surface area contributed by atoms with Crippen LogP contribution in [0, 0.1) is 0 Å². The molecule has 2 fully saturated rings. The zero-order valence-electron chi connectivity index (χ0n) is 16.1. The van der Waals surface area contributed by atoms with Crippen LogP contribution in [0.3, 0.4) is 0 Å². The minimum atomic E-state index is -3.50. The van der Waals surface area contributed by atoms with Gasteiger partial charge in [-0.3, -0.25) is 14.2 Å². The molecule has 156 valence electrons. The van der Waals surface area contributed by atoms with Gasteiger partial charge < -0.3 is 9.88 Å². The second kappa shape index (κ2) is 8.58. The third kappa shape index (κ3) is 4.36. The molecule has 2 saturated heterocycles. The van der Waals surface area contributed by atoms with Gasteiger partial charge >= 0.3 is 5.69 Å². The summed E-state index contributed by atoms with van der Waals surface area (Å²) in [5.74, 6) is -0.249. The number of piperidine rings is 1. The van der Waals surface area contributed by atoms with Crippen LogP contribution >= 0.6 is 0 Å². The molecule has 0 atom stereocenters. The number of amides is 1. The molecule has 1 N–H and O–H groups in total. The number of H-pyrrole nitrogens is 1. The topological polar surface area (TPSA) is 116 Å². The molecule has 3 rings (SSSR count). The fourth-order valence-corrected chi connectivity index (χ4v) is 5.37. The van der Waals surface area contributed by atoms with Crippen LogP contribution < -0.4 is 11.2 Å². The fraction of sp³-hybridized carbons (Fsp3) is 0.706. The predicted molar refractivity (Wildman–Crippen MR) is 103 cm³/mol. The van der Waals surface area contributed by atoms with E-state index >= 15 is 0 Å². The highest BCUT2D eigenvalue weighted by Crippen LogP contribution is 2.18. The van der Waals surface area contributed by atoms with Crippen molar-refractivity contribution in [1.29, 1.82) is 0 Å². The number of nitrogens with one attached hydrogen (secondary N) is 1. The molecule has 0 saturated carbocycles. The number of hydrogen-bond acceptors (Lipinski definition) is 5. The first kappa shape index (κ1) is 20.7. The van der Waals surface area contributed by atoms with Crippen LogP contribution in [0.1, 0.15) is 31.2 Å². The molecule has 0 bridgehead atoms. The van der Waals surface area contributed by atoms with E-state index in [9.17, 15) is 22.8 Å². The summed E-state index contributed by atoms with van der Waals surface area (Å²) in [5, 5.41) is 0. The van der Waals surface area contributed by atoms with Crippen molar-refractivity contribution < 1.29 is 13.2 Å². The molecule has 0 spiro atoms. The Morgan fingerprint density at radius 1 is 0.964 bits per heavy atom. The van der Waals surface area contributed by atoms with E-state index in [0.717, 1.165) is 23.8 Å².